The van der Waals surface area contributed by atoms with E-state index in [0.717, 1.165) is 20.9 Å². The third kappa shape index (κ3) is 2.34. The highest BCUT2D eigenvalue weighted by atomic mass is 127. The molecule has 0 saturated carbocycles. The molecule has 1 N–H and O–H groups in total. The van der Waals surface area contributed by atoms with Crippen molar-refractivity contribution in [2.75, 3.05) is 12.4 Å². The zero-order valence-corrected chi connectivity index (χ0v) is 11.4. The maximum atomic E-state index is 4.49. The highest BCUT2D eigenvalue weighted by Crippen LogP contribution is 2.24. The maximum Gasteiger partial charge on any atom is 0.143 e. The van der Waals surface area contributed by atoms with Crippen molar-refractivity contribution in [3.63, 3.8) is 0 Å². The first kappa shape index (κ1) is 11.7. The summed E-state index contributed by atoms with van der Waals surface area (Å²) in [6.07, 6.45) is 0. The highest BCUT2D eigenvalue weighted by molar-refractivity contribution is 14.1. The number of nitrogens with zero attached hydrogens (tertiary/aromatic N) is 2. The van der Waals surface area contributed by atoms with Crippen molar-refractivity contribution in [2.45, 2.75) is 33.1 Å². The largest absolute Gasteiger partial charge is 0.372 e. The lowest BCUT2D eigenvalue weighted by Gasteiger charge is -2.18. The molecule has 0 unspecified atom stereocenters. The molecule has 0 amide bonds. The van der Waals surface area contributed by atoms with Crippen LogP contribution in [0, 0.1) is 10.5 Å². The lowest BCUT2D eigenvalue weighted by molar-refractivity contribution is 0.543. The number of anilines is 1. The van der Waals surface area contributed by atoms with Crippen LogP contribution in [0.25, 0.3) is 0 Å². The molecule has 0 spiro atoms. The van der Waals surface area contributed by atoms with E-state index in [0.29, 0.717) is 0 Å². The van der Waals surface area contributed by atoms with Crippen LogP contribution in [0.5, 0.6) is 0 Å². The predicted octanol–water partition coefficient (Wildman–Crippen LogP) is 2.73. The summed E-state index contributed by atoms with van der Waals surface area (Å²) < 4.78 is 1.10. The van der Waals surface area contributed by atoms with Crippen LogP contribution in [-0.4, -0.2) is 17.0 Å². The molecule has 0 bridgehead atoms. The Morgan fingerprint density at radius 3 is 2.21 bits per heavy atom. The number of halogens is 1. The van der Waals surface area contributed by atoms with E-state index in [1.54, 1.807) is 0 Å². The summed E-state index contributed by atoms with van der Waals surface area (Å²) in [5.74, 6) is 1.81. The van der Waals surface area contributed by atoms with E-state index >= 15 is 0 Å². The normalized spacial score (nSPS) is 11.6. The van der Waals surface area contributed by atoms with Crippen molar-refractivity contribution in [3.05, 3.63) is 15.1 Å². The number of nitrogens with one attached hydrogen (secondary N) is 1. The fourth-order valence-corrected chi connectivity index (χ4v) is 1.57. The lowest BCUT2D eigenvalue weighted by atomic mass is 9.95. The van der Waals surface area contributed by atoms with Gasteiger partial charge >= 0.3 is 0 Å². The van der Waals surface area contributed by atoms with Crippen molar-refractivity contribution in [1.29, 1.82) is 0 Å². The maximum absolute atomic E-state index is 4.49. The Morgan fingerprint density at radius 2 is 1.79 bits per heavy atom. The predicted molar refractivity (Wildman–Crippen MR) is 67.7 cm³/mol. The second-order valence-corrected chi connectivity index (χ2v) is 5.37. The third-order valence-electron chi connectivity index (χ3n) is 1.92. The van der Waals surface area contributed by atoms with Crippen LogP contribution >= 0.6 is 22.6 Å². The third-order valence-corrected chi connectivity index (χ3v) is 3.22. The molecule has 3 nitrogen and oxygen atoms in total. The lowest BCUT2D eigenvalue weighted by Crippen LogP contribution is -2.18. The first-order valence-corrected chi connectivity index (χ1v) is 5.66. The minimum atomic E-state index is 0.000694. The van der Waals surface area contributed by atoms with Crippen molar-refractivity contribution in [2.24, 2.45) is 0 Å². The van der Waals surface area contributed by atoms with Gasteiger partial charge in [0.2, 0.25) is 0 Å². The molecule has 0 aliphatic heterocycles. The van der Waals surface area contributed by atoms with Crippen molar-refractivity contribution >= 4 is 28.4 Å². The van der Waals surface area contributed by atoms with E-state index in [1.807, 2.05) is 14.0 Å². The average Bonchev–Trinajstić information content (AvgIpc) is 2.07. The summed E-state index contributed by atoms with van der Waals surface area (Å²) in [5, 5.41) is 3.09. The molecule has 0 saturated heterocycles. The zero-order chi connectivity index (χ0) is 10.9. The van der Waals surface area contributed by atoms with Gasteiger partial charge in [-0.15, -0.1) is 0 Å². The van der Waals surface area contributed by atoms with Gasteiger partial charge in [-0.1, -0.05) is 20.8 Å². The summed E-state index contributed by atoms with van der Waals surface area (Å²) in [7, 11) is 1.89. The second-order valence-electron chi connectivity index (χ2n) is 4.30. The summed E-state index contributed by atoms with van der Waals surface area (Å²) >= 11 is 2.26. The summed E-state index contributed by atoms with van der Waals surface area (Å²) in [6, 6.07) is 0. The SMILES string of the molecule is CNc1nc(C(C)(C)C)nc(C)c1I. The van der Waals surface area contributed by atoms with Gasteiger partial charge in [-0.3, -0.25) is 0 Å². The molecule has 4 heteroatoms. The molecule has 0 radical (unpaired) electrons. The van der Waals surface area contributed by atoms with Crippen LogP contribution in [0.1, 0.15) is 32.3 Å². The Morgan fingerprint density at radius 1 is 1.21 bits per heavy atom. The molecule has 14 heavy (non-hydrogen) atoms. The minimum absolute atomic E-state index is 0.000694. The van der Waals surface area contributed by atoms with Crippen molar-refractivity contribution < 1.29 is 0 Å². The van der Waals surface area contributed by atoms with E-state index < -0.39 is 0 Å². The average molecular weight is 305 g/mol. The molecule has 0 fully saturated rings. The van der Waals surface area contributed by atoms with E-state index in [4.69, 9.17) is 0 Å². The minimum Gasteiger partial charge on any atom is -0.372 e. The topological polar surface area (TPSA) is 37.8 Å². The van der Waals surface area contributed by atoms with Crippen LogP contribution in [0.4, 0.5) is 5.82 Å². The molecule has 1 rings (SSSR count). The van der Waals surface area contributed by atoms with E-state index in [9.17, 15) is 0 Å². The first-order chi connectivity index (χ1) is 6.36. The Bertz CT molecular complexity index is 342. The summed E-state index contributed by atoms with van der Waals surface area (Å²) in [5.41, 5.74) is 1.04. The molecule has 78 valence electrons. The van der Waals surface area contributed by atoms with Crippen molar-refractivity contribution in [1.82, 2.24) is 9.97 Å². The van der Waals surface area contributed by atoms with Gasteiger partial charge in [0.05, 0.1) is 9.26 Å². The summed E-state index contributed by atoms with van der Waals surface area (Å²) in [4.78, 5) is 8.99. The Balaban J connectivity index is 3.30. The second kappa shape index (κ2) is 4.00. The molecule has 1 aromatic rings. The molecule has 0 aromatic carbocycles. The highest BCUT2D eigenvalue weighted by Gasteiger charge is 2.19. The quantitative estimate of drug-likeness (QED) is 0.811. The smallest absolute Gasteiger partial charge is 0.143 e. The van der Waals surface area contributed by atoms with Gasteiger partial charge in [0, 0.05) is 12.5 Å². The first-order valence-electron chi connectivity index (χ1n) is 4.58. The van der Waals surface area contributed by atoms with Crippen molar-refractivity contribution in [3.8, 4) is 0 Å². The molecule has 0 aliphatic carbocycles. The van der Waals surface area contributed by atoms with Crippen LogP contribution in [0.3, 0.4) is 0 Å². The molecular formula is C10H16IN3. The van der Waals surface area contributed by atoms with Gasteiger partial charge in [0.25, 0.3) is 0 Å². The van der Waals surface area contributed by atoms with Crippen LogP contribution in [0.2, 0.25) is 0 Å². The Hall–Kier alpha value is -0.390. The van der Waals surface area contributed by atoms with Crippen LogP contribution in [-0.2, 0) is 5.41 Å². The van der Waals surface area contributed by atoms with Gasteiger partial charge < -0.3 is 5.32 Å². The molecule has 1 aromatic heterocycles. The standard InChI is InChI=1S/C10H16IN3/c1-6-7(11)8(12-5)14-9(13-6)10(2,3)4/h1-5H3,(H,12,13,14). The van der Waals surface area contributed by atoms with E-state index in [-0.39, 0.29) is 5.41 Å². The Kier molecular flexibility index (Phi) is 3.34. The number of aromatic nitrogens is 2. The van der Waals surface area contributed by atoms with Crippen LogP contribution in [0.15, 0.2) is 0 Å². The molecular weight excluding hydrogens is 289 g/mol. The zero-order valence-electron chi connectivity index (χ0n) is 9.27. The summed E-state index contributed by atoms with van der Waals surface area (Å²) in [6.45, 7) is 8.37. The number of aryl methyl sites for hydroxylation is 1. The fraction of sp³-hybridized carbons (Fsp3) is 0.600. The molecule has 0 aliphatic rings. The number of hydrogen-bond acceptors (Lipinski definition) is 3. The molecule has 0 atom stereocenters. The molecule has 1 heterocycles. The van der Waals surface area contributed by atoms with E-state index in [1.165, 1.54) is 0 Å². The van der Waals surface area contributed by atoms with Gasteiger partial charge in [0.15, 0.2) is 0 Å². The van der Waals surface area contributed by atoms with Crippen LogP contribution < -0.4 is 5.32 Å². The van der Waals surface area contributed by atoms with Gasteiger partial charge in [-0.25, -0.2) is 9.97 Å². The monoisotopic (exact) mass is 305 g/mol. The van der Waals surface area contributed by atoms with Gasteiger partial charge in [-0.05, 0) is 29.5 Å². The number of rotatable bonds is 1. The van der Waals surface area contributed by atoms with Gasteiger partial charge in [-0.2, -0.15) is 0 Å². The van der Waals surface area contributed by atoms with Gasteiger partial charge in [0.1, 0.15) is 11.6 Å². The fourth-order valence-electron chi connectivity index (χ4n) is 1.06. The Labute approximate surface area is 98.9 Å². The number of hydrogen-bond donors (Lipinski definition) is 1. The van der Waals surface area contributed by atoms with E-state index in [2.05, 4.69) is 58.6 Å².